The van der Waals surface area contributed by atoms with Gasteiger partial charge >= 0.3 is 0 Å². The Balaban J connectivity index is 1.90. The van der Waals surface area contributed by atoms with Crippen molar-refractivity contribution in [3.8, 4) is 0 Å². The maximum Gasteiger partial charge on any atom is 0.132 e. The summed E-state index contributed by atoms with van der Waals surface area (Å²) in [6.45, 7) is 0. The van der Waals surface area contributed by atoms with Gasteiger partial charge in [0.25, 0.3) is 0 Å². The molecule has 1 N–H and O–H groups in total. The van der Waals surface area contributed by atoms with Crippen molar-refractivity contribution >= 4 is 5.78 Å². The van der Waals surface area contributed by atoms with Crippen LogP contribution in [0.1, 0.15) is 57.8 Å². The molecule has 2 aliphatic rings. The average Bonchev–Trinajstić information content (AvgIpc) is 2.34. The van der Waals surface area contributed by atoms with Crippen LogP contribution in [0.15, 0.2) is 0 Å². The van der Waals surface area contributed by atoms with E-state index in [1.165, 1.54) is 32.1 Å². The largest absolute Gasteiger partial charge is 0.316 e. The lowest BCUT2D eigenvalue weighted by atomic mass is 9.73. The van der Waals surface area contributed by atoms with Crippen LogP contribution in [0.2, 0.25) is 0 Å². The average molecular weight is 223 g/mol. The van der Waals surface area contributed by atoms with Gasteiger partial charge in [-0.2, -0.15) is 0 Å². The highest BCUT2D eigenvalue weighted by Gasteiger charge is 2.31. The number of carbonyl (C=O) groups is 1. The topological polar surface area (TPSA) is 29.1 Å². The zero-order valence-electron chi connectivity index (χ0n) is 10.5. The van der Waals surface area contributed by atoms with Crippen LogP contribution in [0.25, 0.3) is 0 Å². The van der Waals surface area contributed by atoms with Crippen LogP contribution in [0.4, 0.5) is 0 Å². The van der Waals surface area contributed by atoms with Crippen molar-refractivity contribution in [1.82, 2.24) is 5.32 Å². The van der Waals surface area contributed by atoms with Crippen molar-refractivity contribution in [2.24, 2.45) is 11.8 Å². The predicted octanol–water partition coefficient (Wildman–Crippen LogP) is 2.91. The highest BCUT2D eigenvalue weighted by atomic mass is 16.1. The van der Waals surface area contributed by atoms with Crippen LogP contribution in [-0.4, -0.2) is 18.9 Å². The fraction of sp³-hybridized carbons (Fsp3) is 0.929. The van der Waals surface area contributed by atoms with Crippen molar-refractivity contribution in [3.05, 3.63) is 0 Å². The van der Waals surface area contributed by atoms with E-state index in [2.05, 4.69) is 12.4 Å². The molecule has 92 valence electrons. The molecule has 0 saturated heterocycles. The number of carbonyl (C=O) groups excluding carboxylic acids is 1. The molecule has 0 spiro atoms. The maximum absolute atomic E-state index is 11.3. The van der Waals surface area contributed by atoms with Gasteiger partial charge in [0.1, 0.15) is 5.78 Å². The number of rotatable bonds is 3. The Morgan fingerprint density at radius 1 is 1.00 bits per heavy atom. The summed E-state index contributed by atoms with van der Waals surface area (Å²) in [5, 5.41) is 3.55. The molecular formula is C14H25NO. The lowest BCUT2D eigenvalue weighted by Gasteiger charge is -2.37. The summed E-state index contributed by atoms with van der Waals surface area (Å²) < 4.78 is 0. The first-order valence-electron chi connectivity index (χ1n) is 7.00. The van der Waals surface area contributed by atoms with E-state index in [-0.39, 0.29) is 0 Å². The standard InChI is InChI=1S/C14H25NO/c1-15-14(11-5-3-2-4-6-11)12-7-9-13(16)10-8-12/h11-12,14-15H,2-10H2,1H3. The smallest absolute Gasteiger partial charge is 0.132 e. The van der Waals surface area contributed by atoms with Crippen LogP contribution in [0.5, 0.6) is 0 Å². The quantitative estimate of drug-likeness (QED) is 0.797. The molecule has 0 aromatic carbocycles. The molecule has 0 aromatic rings. The molecule has 0 aromatic heterocycles. The molecule has 2 rings (SSSR count). The van der Waals surface area contributed by atoms with E-state index in [9.17, 15) is 4.79 Å². The van der Waals surface area contributed by atoms with Crippen LogP contribution in [0.3, 0.4) is 0 Å². The van der Waals surface area contributed by atoms with Gasteiger partial charge in [0.15, 0.2) is 0 Å². The minimum atomic E-state index is 0.481. The van der Waals surface area contributed by atoms with E-state index < -0.39 is 0 Å². The molecule has 0 aliphatic heterocycles. The molecular weight excluding hydrogens is 198 g/mol. The van der Waals surface area contributed by atoms with E-state index >= 15 is 0 Å². The summed E-state index contributed by atoms with van der Waals surface area (Å²) in [6.07, 6.45) is 11.0. The fourth-order valence-electron chi connectivity index (χ4n) is 3.67. The summed E-state index contributed by atoms with van der Waals surface area (Å²) in [7, 11) is 2.11. The van der Waals surface area contributed by atoms with Gasteiger partial charge in [0.05, 0.1) is 0 Å². The first-order chi connectivity index (χ1) is 7.81. The Morgan fingerprint density at radius 2 is 1.56 bits per heavy atom. The van der Waals surface area contributed by atoms with Gasteiger partial charge in [-0.1, -0.05) is 19.3 Å². The zero-order chi connectivity index (χ0) is 11.4. The second kappa shape index (κ2) is 5.81. The molecule has 0 heterocycles. The number of hydrogen-bond donors (Lipinski definition) is 1. The Labute approximate surface area is 99.2 Å². The van der Waals surface area contributed by atoms with E-state index in [1.807, 2.05) is 0 Å². The molecule has 1 atom stereocenters. The van der Waals surface area contributed by atoms with Crippen LogP contribution >= 0.6 is 0 Å². The van der Waals surface area contributed by atoms with Crippen LogP contribution in [-0.2, 0) is 4.79 Å². The second-order valence-corrected chi connectivity index (χ2v) is 5.59. The van der Waals surface area contributed by atoms with Crippen molar-refractivity contribution in [2.45, 2.75) is 63.8 Å². The molecule has 2 aliphatic carbocycles. The predicted molar refractivity (Wildman–Crippen MR) is 66.4 cm³/mol. The van der Waals surface area contributed by atoms with E-state index in [0.29, 0.717) is 11.8 Å². The molecule has 2 saturated carbocycles. The van der Waals surface area contributed by atoms with Crippen molar-refractivity contribution in [1.29, 1.82) is 0 Å². The summed E-state index contributed by atoms with van der Waals surface area (Å²) >= 11 is 0. The summed E-state index contributed by atoms with van der Waals surface area (Å²) in [5.41, 5.74) is 0. The molecule has 0 amide bonds. The van der Waals surface area contributed by atoms with Gasteiger partial charge in [0, 0.05) is 18.9 Å². The summed E-state index contributed by atoms with van der Waals surface area (Å²) in [5.74, 6) is 2.11. The van der Waals surface area contributed by atoms with Gasteiger partial charge in [-0.25, -0.2) is 0 Å². The fourth-order valence-corrected chi connectivity index (χ4v) is 3.67. The monoisotopic (exact) mass is 223 g/mol. The highest BCUT2D eigenvalue weighted by molar-refractivity contribution is 5.79. The number of ketones is 1. The second-order valence-electron chi connectivity index (χ2n) is 5.59. The zero-order valence-corrected chi connectivity index (χ0v) is 10.5. The Hall–Kier alpha value is -0.370. The number of hydrogen-bond acceptors (Lipinski definition) is 2. The number of nitrogens with one attached hydrogen (secondary N) is 1. The molecule has 1 unspecified atom stereocenters. The van der Waals surface area contributed by atoms with Crippen LogP contribution in [0, 0.1) is 11.8 Å². The van der Waals surface area contributed by atoms with Gasteiger partial charge in [-0.05, 0) is 44.6 Å². The van der Waals surface area contributed by atoms with Gasteiger partial charge < -0.3 is 5.32 Å². The first kappa shape index (κ1) is 12.1. The molecule has 2 heteroatoms. The normalized spacial score (nSPS) is 26.9. The van der Waals surface area contributed by atoms with Gasteiger partial charge in [0.2, 0.25) is 0 Å². The lowest BCUT2D eigenvalue weighted by molar-refractivity contribution is -0.121. The summed E-state index contributed by atoms with van der Waals surface area (Å²) in [4.78, 5) is 11.3. The highest BCUT2D eigenvalue weighted by Crippen LogP contribution is 2.34. The molecule has 0 radical (unpaired) electrons. The van der Waals surface area contributed by atoms with E-state index in [4.69, 9.17) is 0 Å². The van der Waals surface area contributed by atoms with Gasteiger partial charge in [-0.3, -0.25) is 4.79 Å². The third-order valence-corrected chi connectivity index (χ3v) is 4.59. The lowest BCUT2D eigenvalue weighted by Crippen LogP contribution is -2.42. The third kappa shape index (κ3) is 2.85. The number of Topliss-reactive ketones (excluding diaryl/α,β-unsaturated/α-hetero) is 1. The molecule has 16 heavy (non-hydrogen) atoms. The van der Waals surface area contributed by atoms with Gasteiger partial charge in [-0.15, -0.1) is 0 Å². The van der Waals surface area contributed by atoms with Crippen molar-refractivity contribution in [3.63, 3.8) is 0 Å². The van der Waals surface area contributed by atoms with Crippen LogP contribution < -0.4 is 5.32 Å². The van der Waals surface area contributed by atoms with E-state index in [1.54, 1.807) is 0 Å². The first-order valence-corrected chi connectivity index (χ1v) is 7.00. The Kier molecular flexibility index (Phi) is 4.39. The molecule has 2 fully saturated rings. The Morgan fingerprint density at radius 3 is 2.12 bits per heavy atom. The minimum Gasteiger partial charge on any atom is -0.316 e. The Bertz CT molecular complexity index is 223. The SMILES string of the molecule is CNC(C1CCCCC1)C1CCC(=O)CC1. The van der Waals surface area contributed by atoms with Crippen molar-refractivity contribution in [2.75, 3.05) is 7.05 Å². The molecule has 2 nitrogen and oxygen atoms in total. The minimum absolute atomic E-state index is 0.481. The molecule has 0 bridgehead atoms. The maximum atomic E-state index is 11.3. The van der Waals surface area contributed by atoms with Crippen molar-refractivity contribution < 1.29 is 4.79 Å². The van der Waals surface area contributed by atoms with E-state index in [0.717, 1.165) is 37.5 Å². The summed E-state index contributed by atoms with van der Waals surface area (Å²) in [6, 6.07) is 0.674. The third-order valence-electron chi connectivity index (χ3n) is 4.59.